The molecular formula is C25H17ClN2O7S. The standard InChI is InChI=1S/C25H17ClN2O7S/c1-34-20-11-4-16(12-21(20)35-24(30)17-5-7-18(26)8-6-17)13-22-23(29)27(25(31)36-22)14-15-2-9-19(10-3-15)28(32)33/h2-13H,14H2,1H3/b22-13-. The Morgan fingerprint density at radius 1 is 1.06 bits per heavy atom. The highest BCUT2D eigenvalue weighted by molar-refractivity contribution is 8.18. The summed E-state index contributed by atoms with van der Waals surface area (Å²) in [4.78, 5) is 49.4. The largest absolute Gasteiger partial charge is 0.493 e. The monoisotopic (exact) mass is 524 g/mol. The molecule has 3 aromatic carbocycles. The molecule has 0 aliphatic carbocycles. The van der Waals surface area contributed by atoms with Crippen LogP contribution in [0.1, 0.15) is 21.5 Å². The lowest BCUT2D eigenvalue weighted by atomic mass is 10.1. The second kappa shape index (κ2) is 10.6. The van der Waals surface area contributed by atoms with Crippen LogP contribution in [0, 0.1) is 10.1 Å². The molecule has 2 amide bonds. The normalized spacial score (nSPS) is 14.3. The number of rotatable bonds is 7. The number of ether oxygens (including phenoxy) is 2. The number of halogens is 1. The van der Waals surface area contributed by atoms with E-state index in [1.165, 1.54) is 55.7 Å². The highest BCUT2D eigenvalue weighted by Gasteiger charge is 2.35. The van der Waals surface area contributed by atoms with Gasteiger partial charge in [-0.15, -0.1) is 0 Å². The van der Waals surface area contributed by atoms with Gasteiger partial charge in [0.05, 0.1) is 29.0 Å². The quantitative estimate of drug-likeness (QED) is 0.127. The maximum atomic E-state index is 12.9. The van der Waals surface area contributed by atoms with Crippen LogP contribution in [0.3, 0.4) is 0 Å². The number of hydrogen-bond donors (Lipinski definition) is 0. The van der Waals surface area contributed by atoms with Crippen molar-refractivity contribution in [3.63, 3.8) is 0 Å². The fourth-order valence-corrected chi connectivity index (χ4v) is 4.27. The van der Waals surface area contributed by atoms with Gasteiger partial charge in [0.15, 0.2) is 11.5 Å². The van der Waals surface area contributed by atoms with Gasteiger partial charge in [-0.3, -0.25) is 24.6 Å². The van der Waals surface area contributed by atoms with Crippen molar-refractivity contribution in [3.05, 3.63) is 103 Å². The highest BCUT2D eigenvalue weighted by atomic mass is 35.5. The third-order valence-corrected chi connectivity index (χ3v) is 6.29. The predicted octanol–water partition coefficient (Wildman–Crippen LogP) is 5.71. The average molecular weight is 525 g/mol. The van der Waals surface area contributed by atoms with Crippen LogP contribution < -0.4 is 9.47 Å². The predicted molar refractivity (Wildman–Crippen MR) is 134 cm³/mol. The van der Waals surface area contributed by atoms with Gasteiger partial charge in [0.1, 0.15) is 0 Å². The second-order valence-corrected chi connectivity index (χ2v) is 8.93. The zero-order valence-electron chi connectivity index (χ0n) is 18.7. The molecule has 1 aliphatic rings. The third kappa shape index (κ3) is 5.56. The summed E-state index contributed by atoms with van der Waals surface area (Å²) < 4.78 is 10.8. The number of thioether (sulfide) groups is 1. The fraction of sp³-hybridized carbons (Fsp3) is 0.0800. The van der Waals surface area contributed by atoms with Crippen LogP contribution in [0.15, 0.2) is 71.6 Å². The Bertz CT molecular complexity index is 1390. The van der Waals surface area contributed by atoms with Crippen LogP contribution in [0.5, 0.6) is 11.5 Å². The van der Waals surface area contributed by atoms with Crippen molar-refractivity contribution in [1.29, 1.82) is 0 Å². The molecule has 1 heterocycles. The SMILES string of the molecule is COc1ccc(/C=C2\SC(=O)N(Cc3ccc([N+](=O)[O-])cc3)C2=O)cc1OC(=O)c1ccc(Cl)cc1. The number of nitrogens with zero attached hydrogens (tertiary/aromatic N) is 2. The molecule has 36 heavy (non-hydrogen) atoms. The van der Waals surface area contributed by atoms with E-state index < -0.39 is 22.0 Å². The number of methoxy groups -OCH3 is 1. The topological polar surface area (TPSA) is 116 Å². The molecule has 0 radical (unpaired) electrons. The first-order valence-electron chi connectivity index (χ1n) is 10.4. The number of carbonyl (C=O) groups is 3. The lowest BCUT2D eigenvalue weighted by molar-refractivity contribution is -0.384. The van der Waals surface area contributed by atoms with Crippen LogP contribution in [-0.2, 0) is 11.3 Å². The molecule has 3 aromatic rings. The van der Waals surface area contributed by atoms with Crippen LogP contribution in [0.25, 0.3) is 6.08 Å². The molecule has 0 atom stereocenters. The molecule has 9 nitrogen and oxygen atoms in total. The number of imide groups is 1. The number of carbonyl (C=O) groups excluding carboxylic acids is 3. The summed E-state index contributed by atoms with van der Waals surface area (Å²) in [6.07, 6.45) is 1.51. The zero-order valence-corrected chi connectivity index (χ0v) is 20.2. The maximum absolute atomic E-state index is 12.9. The van der Waals surface area contributed by atoms with Crippen molar-refractivity contribution in [1.82, 2.24) is 4.90 Å². The number of benzene rings is 3. The lowest BCUT2D eigenvalue weighted by Crippen LogP contribution is -2.27. The van der Waals surface area contributed by atoms with Crippen molar-refractivity contribution >= 4 is 52.2 Å². The first kappa shape index (κ1) is 25.0. The molecule has 1 saturated heterocycles. The molecule has 0 saturated carbocycles. The third-order valence-electron chi connectivity index (χ3n) is 5.13. The summed E-state index contributed by atoms with van der Waals surface area (Å²) in [6, 6.07) is 16.6. The van der Waals surface area contributed by atoms with Crippen molar-refractivity contribution in [2.45, 2.75) is 6.54 Å². The minimum atomic E-state index is -0.620. The van der Waals surface area contributed by atoms with E-state index in [0.717, 1.165) is 16.7 Å². The van der Waals surface area contributed by atoms with Crippen LogP contribution in [0.4, 0.5) is 10.5 Å². The van der Waals surface area contributed by atoms with Gasteiger partial charge in [-0.1, -0.05) is 29.8 Å². The molecular weight excluding hydrogens is 508 g/mol. The summed E-state index contributed by atoms with van der Waals surface area (Å²) in [6.45, 7) is -0.0213. The van der Waals surface area contributed by atoms with E-state index in [-0.39, 0.29) is 22.9 Å². The summed E-state index contributed by atoms with van der Waals surface area (Å²) in [5.41, 5.74) is 1.29. The van der Waals surface area contributed by atoms with E-state index in [1.54, 1.807) is 24.3 Å². The Morgan fingerprint density at radius 2 is 1.75 bits per heavy atom. The van der Waals surface area contributed by atoms with Gasteiger partial charge in [-0.05, 0) is 65.4 Å². The number of hydrogen-bond acceptors (Lipinski definition) is 8. The first-order valence-corrected chi connectivity index (χ1v) is 11.6. The number of nitro benzene ring substituents is 1. The van der Waals surface area contributed by atoms with E-state index in [4.69, 9.17) is 21.1 Å². The summed E-state index contributed by atoms with van der Waals surface area (Å²) in [5.74, 6) is -0.679. The van der Waals surface area contributed by atoms with Gasteiger partial charge < -0.3 is 9.47 Å². The van der Waals surface area contributed by atoms with Gasteiger partial charge >= 0.3 is 5.97 Å². The van der Waals surface area contributed by atoms with Gasteiger partial charge in [0, 0.05) is 17.2 Å². The van der Waals surface area contributed by atoms with E-state index in [2.05, 4.69) is 0 Å². The molecule has 11 heteroatoms. The van der Waals surface area contributed by atoms with Crippen molar-refractivity contribution in [2.24, 2.45) is 0 Å². The number of amides is 2. The minimum Gasteiger partial charge on any atom is -0.493 e. The number of esters is 1. The average Bonchev–Trinajstić information content (AvgIpc) is 3.12. The van der Waals surface area contributed by atoms with E-state index >= 15 is 0 Å². The lowest BCUT2D eigenvalue weighted by Gasteiger charge is -2.12. The molecule has 1 fully saturated rings. The smallest absolute Gasteiger partial charge is 0.343 e. The summed E-state index contributed by atoms with van der Waals surface area (Å²) in [7, 11) is 1.43. The van der Waals surface area contributed by atoms with E-state index in [9.17, 15) is 24.5 Å². The van der Waals surface area contributed by atoms with Crippen LogP contribution in [0.2, 0.25) is 5.02 Å². The molecule has 0 bridgehead atoms. The highest BCUT2D eigenvalue weighted by Crippen LogP contribution is 2.35. The molecule has 0 N–H and O–H groups in total. The Kier molecular flexibility index (Phi) is 7.37. The minimum absolute atomic E-state index is 0.0213. The summed E-state index contributed by atoms with van der Waals surface area (Å²) in [5, 5.41) is 10.8. The Labute approximate surface area is 214 Å². The molecule has 0 spiro atoms. The van der Waals surface area contributed by atoms with Gasteiger partial charge in [-0.25, -0.2) is 4.79 Å². The summed E-state index contributed by atoms with van der Waals surface area (Å²) >= 11 is 6.63. The van der Waals surface area contributed by atoms with Crippen LogP contribution >= 0.6 is 23.4 Å². The fourth-order valence-electron chi connectivity index (χ4n) is 3.30. The van der Waals surface area contributed by atoms with Crippen molar-refractivity contribution in [2.75, 3.05) is 7.11 Å². The second-order valence-electron chi connectivity index (χ2n) is 7.50. The Balaban J connectivity index is 1.53. The molecule has 4 rings (SSSR count). The van der Waals surface area contributed by atoms with Crippen molar-refractivity contribution < 1.29 is 28.8 Å². The molecule has 0 unspecified atom stereocenters. The Hall–Kier alpha value is -4.15. The molecule has 0 aromatic heterocycles. The van der Waals surface area contributed by atoms with Gasteiger partial charge in [-0.2, -0.15) is 0 Å². The van der Waals surface area contributed by atoms with Gasteiger partial charge in [0.2, 0.25) is 0 Å². The van der Waals surface area contributed by atoms with E-state index in [0.29, 0.717) is 27.5 Å². The van der Waals surface area contributed by atoms with E-state index in [1.807, 2.05) is 0 Å². The number of nitro groups is 1. The Morgan fingerprint density at radius 3 is 2.39 bits per heavy atom. The molecule has 1 aliphatic heterocycles. The maximum Gasteiger partial charge on any atom is 0.343 e. The van der Waals surface area contributed by atoms with Gasteiger partial charge in [0.25, 0.3) is 16.8 Å². The van der Waals surface area contributed by atoms with Crippen molar-refractivity contribution in [3.8, 4) is 11.5 Å². The first-order chi connectivity index (χ1) is 17.2. The number of non-ortho nitro benzene ring substituents is 1. The molecule has 182 valence electrons. The zero-order chi connectivity index (χ0) is 25.8. The van der Waals surface area contributed by atoms with Crippen LogP contribution in [-0.4, -0.2) is 34.0 Å².